The monoisotopic (exact) mass is 254 g/mol. The van der Waals surface area contributed by atoms with Gasteiger partial charge in [-0.15, -0.1) is 0 Å². The number of nitrogens with two attached hydrogens (primary N) is 1. The van der Waals surface area contributed by atoms with E-state index in [0.717, 1.165) is 51.2 Å². The molecular formula is C14H26N2O2. The van der Waals surface area contributed by atoms with Gasteiger partial charge in [0.25, 0.3) is 0 Å². The fourth-order valence-corrected chi connectivity index (χ4v) is 3.30. The van der Waals surface area contributed by atoms with Crippen molar-refractivity contribution in [2.24, 2.45) is 17.1 Å². The van der Waals surface area contributed by atoms with Gasteiger partial charge in [-0.25, -0.2) is 4.79 Å². The van der Waals surface area contributed by atoms with Crippen molar-refractivity contribution in [2.75, 3.05) is 26.2 Å². The van der Waals surface area contributed by atoms with E-state index >= 15 is 0 Å². The minimum Gasteiger partial charge on any atom is -0.449 e. The van der Waals surface area contributed by atoms with Crippen LogP contribution in [0.25, 0.3) is 0 Å². The molecule has 1 amide bonds. The minimum atomic E-state index is -0.118. The highest BCUT2D eigenvalue weighted by atomic mass is 16.6. The molecule has 0 atom stereocenters. The van der Waals surface area contributed by atoms with Gasteiger partial charge >= 0.3 is 6.09 Å². The molecule has 18 heavy (non-hydrogen) atoms. The van der Waals surface area contributed by atoms with Crippen LogP contribution in [0.3, 0.4) is 0 Å². The van der Waals surface area contributed by atoms with Crippen molar-refractivity contribution < 1.29 is 9.53 Å². The molecule has 1 aliphatic heterocycles. The summed E-state index contributed by atoms with van der Waals surface area (Å²) in [7, 11) is 0. The maximum absolute atomic E-state index is 11.8. The van der Waals surface area contributed by atoms with Crippen molar-refractivity contribution in [3.05, 3.63) is 0 Å². The van der Waals surface area contributed by atoms with Crippen molar-refractivity contribution in [2.45, 2.75) is 45.4 Å². The molecule has 0 radical (unpaired) electrons. The summed E-state index contributed by atoms with van der Waals surface area (Å²) in [6.07, 6.45) is 6.70. The second-order valence-corrected chi connectivity index (χ2v) is 5.96. The van der Waals surface area contributed by atoms with Gasteiger partial charge in [0.2, 0.25) is 0 Å². The lowest BCUT2D eigenvalue weighted by Crippen LogP contribution is -2.50. The normalized spacial score (nSPS) is 22.9. The number of amides is 1. The molecule has 104 valence electrons. The summed E-state index contributed by atoms with van der Waals surface area (Å²) in [5.41, 5.74) is 6.19. The summed E-state index contributed by atoms with van der Waals surface area (Å²) in [6.45, 7) is 5.21. The Labute approximate surface area is 110 Å². The van der Waals surface area contributed by atoms with Gasteiger partial charge in [-0.2, -0.15) is 0 Å². The van der Waals surface area contributed by atoms with Crippen molar-refractivity contribution in [3.8, 4) is 0 Å². The smallest absolute Gasteiger partial charge is 0.409 e. The Kier molecular flexibility index (Phi) is 4.49. The molecule has 4 heteroatoms. The average molecular weight is 254 g/mol. The zero-order valence-corrected chi connectivity index (χ0v) is 11.5. The number of carbonyl (C=O) groups excluding carboxylic acids is 1. The second kappa shape index (κ2) is 5.91. The van der Waals surface area contributed by atoms with Crippen LogP contribution >= 0.6 is 0 Å². The predicted octanol–water partition coefficient (Wildman–Crippen LogP) is 2.37. The first-order chi connectivity index (χ1) is 8.69. The van der Waals surface area contributed by atoms with E-state index in [1.54, 1.807) is 0 Å². The Balaban J connectivity index is 1.69. The molecule has 1 heterocycles. The SMILES string of the molecule is CCCCOC(=O)N1CCC2(CC1)CC(CN)C2. The van der Waals surface area contributed by atoms with E-state index in [1.807, 2.05) is 4.90 Å². The summed E-state index contributed by atoms with van der Waals surface area (Å²) >= 11 is 0. The summed E-state index contributed by atoms with van der Waals surface area (Å²) < 4.78 is 5.25. The number of nitrogens with zero attached hydrogens (tertiary/aromatic N) is 1. The average Bonchev–Trinajstić information content (AvgIpc) is 2.36. The lowest BCUT2D eigenvalue weighted by atomic mass is 9.57. The maximum Gasteiger partial charge on any atom is 0.409 e. The second-order valence-electron chi connectivity index (χ2n) is 5.96. The Morgan fingerprint density at radius 3 is 2.61 bits per heavy atom. The number of hydrogen-bond acceptors (Lipinski definition) is 3. The molecule has 0 aromatic rings. The van der Waals surface area contributed by atoms with Crippen LogP contribution < -0.4 is 5.73 Å². The van der Waals surface area contributed by atoms with Gasteiger partial charge in [-0.3, -0.25) is 0 Å². The number of ether oxygens (including phenoxy) is 1. The summed E-state index contributed by atoms with van der Waals surface area (Å²) in [5, 5.41) is 0. The molecule has 0 bridgehead atoms. The fourth-order valence-electron chi connectivity index (χ4n) is 3.30. The van der Waals surface area contributed by atoms with Gasteiger partial charge < -0.3 is 15.4 Å². The Hall–Kier alpha value is -0.770. The highest BCUT2D eigenvalue weighted by Crippen LogP contribution is 2.52. The van der Waals surface area contributed by atoms with E-state index in [0.29, 0.717) is 12.0 Å². The van der Waals surface area contributed by atoms with E-state index < -0.39 is 0 Å². The number of hydrogen-bond donors (Lipinski definition) is 1. The highest BCUT2D eigenvalue weighted by Gasteiger charge is 2.45. The third kappa shape index (κ3) is 2.97. The summed E-state index contributed by atoms with van der Waals surface area (Å²) in [5.74, 6) is 0.730. The molecule has 0 aromatic carbocycles. The van der Waals surface area contributed by atoms with Crippen LogP contribution in [0.2, 0.25) is 0 Å². The van der Waals surface area contributed by atoms with E-state index in [2.05, 4.69) is 6.92 Å². The number of piperidine rings is 1. The molecular weight excluding hydrogens is 228 g/mol. The Morgan fingerprint density at radius 2 is 2.06 bits per heavy atom. The topological polar surface area (TPSA) is 55.6 Å². The minimum absolute atomic E-state index is 0.118. The van der Waals surface area contributed by atoms with Crippen LogP contribution in [0.15, 0.2) is 0 Å². The molecule has 1 spiro atoms. The first-order valence-electron chi connectivity index (χ1n) is 7.31. The number of carbonyl (C=O) groups is 1. The van der Waals surface area contributed by atoms with Crippen LogP contribution in [0.4, 0.5) is 4.79 Å². The fraction of sp³-hybridized carbons (Fsp3) is 0.929. The summed E-state index contributed by atoms with van der Waals surface area (Å²) in [6, 6.07) is 0. The molecule has 0 unspecified atom stereocenters. The highest BCUT2D eigenvalue weighted by molar-refractivity contribution is 5.67. The van der Waals surface area contributed by atoms with Gasteiger partial charge in [0.1, 0.15) is 0 Å². The lowest BCUT2D eigenvalue weighted by Gasteiger charge is -2.51. The van der Waals surface area contributed by atoms with Crippen LogP contribution in [-0.2, 0) is 4.74 Å². The molecule has 1 saturated heterocycles. The molecule has 2 aliphatic rings. The van der Waals surface area contributed by atoms with Gasteiger partial charge in [0.05, 0.1) is 6.61 Å². The standard InChI is InChI=1S/C14H26N2O2/c1-2-3-8-18-13(17)16-6-4-14(5-7-16)9-12(10-14)11-15/h12H,2-11,15H2,1H3. The van der Waals surface area contributed by atoms with Gasteiger partial charge in [0.15, 0.2) is 0 Å². The van der Waals surface area contributed by atoms with E-state index in [4.69, 9.17) is 10.5 Å². The molecule has 4 nitrogen and oxygen atoms in total. The largest absolute Gasteiger partial charge is 0.449 e. The molecule has 2 fully saturated rings. The predicted molar refractivity (Wildman–Crippen MR) is 71.3 cm³/mol. The van der Waals surface area contributed by atoms with Crippen molar-refractivity contribution in [1.82, 2.24) is 4.90 Å². The first-order valence-corrected chi connectivity index (χ1v) is 7.31. The third-order valence-electron chi connectivity index (χ3n) is 4.58. The molecule has 1 aliphatic carbocycles. The molecule has 2 rings (SSSR count). The van der Waals surface area contributed by atoms with Crippen molar-refractivity contribution in [3.63, 3.8) is 0 Å². The van der Waals surface area contributed by atoms with Crippen LogP contribution in [0.1, 0.15) is 45.4 Å². The number of likely N-dealkylation sites (tertiary alicyclic amines) is 1. The molecule has 2 N–H and O–H groups in total. The number of rotatable bonds is 4. The van der Waals surface area contributed by atoms with E-state index in [-0.39, 0.29) is 6.09 Å². The zero-order chi connectivity index (χ0) is 13.0. The maximum atomic E-state index is 11.8. The van der Waals surface area contributed by atoms with Crippen LogP contribution in [0, 0.1) is 11.3 Å². The third-order valence-corrected chi connectivity index (χ3v) is 4.58. The Bertz CT molecular complexity index is 278. The molecule has 0 aromatic heterocycles. The van der Waals surface area contributed by atoms with Gasteiger partial charge in [0, 0.05) is 13.1 Å². The Morgan fingerprint density at radius 1 is 1.39 bits per heavy atom. The van der Waals surface area contributed by atoms with Gasteiger partial charge in [-0.1, -0.05) is 13.3 Å². The van der Waals surface area contributed by atoms with E-state index in [1.165, 1.54) is 12.8 Å². The van der Waals surface area contributed by atoms with Crippen LogP contribution in [0.5, 0.6) is 0 Å². The van der Waals surface area contributed by atoms with Crippen LogP contribution in [-0.4, -0.2) is 37.2 Å². The van der Waals surface area contributed by atoms with E-state index in [9.17, 15) is 4.79 Å². The molecule has 1 saturated carbocycles. The quantitative estimate of drug-likeness (QED) is 0.784. The van der Waals surface area contributed by atoms with Crippen molar-refractivity contribution in [1.29, 1.82) is 0 Å². The van der Waals surface area contributed by atoms with Crippen molar-refractivity contribution >= 4 is 6.09 Å². The summed E-state index contributed by atoms with van der Waals surface area (Å²) in [4.78, 5) is 13.7. The zero-order valence-electron chi connectivity index (χ0n) is 11.5. The first kappa shape index (κ1) is 13.7. The lowest BCUT2D eigenvalue weighted by molar-refractivity contribution is -0.00990. The van der Waals surface area contributed by atoms with Gasteiger partial charge in [-0.05, 0) is 50.0 Å². The number of unbranched alkanes of at least 4 members (excludes halogenated alkanes) is 1.